The molecule has 142 valence electrons. The van der Waals surface area contributed by atoms with Crippen LogP contribution in [0.3, 0.4) is 0 Å². The Morgan fingerprint density at radius 1 is 1.37 bits per heavy atom. The summed E-state index contributed by atoms with van der Waals surface area (Å²) in [5.74, 6) is 0.663. The molecule has 27 heavy (non-hydrogen) atoms. The third-order valence-corrected chi connectivity index (χ3v) is 6.27. The summed E-state index contributed by atoms with van der Waals surface area (Å²) in [5.41, 5.74) is 2.19. The molecule has 2 atom stereocenters. The highest BCUT2D eigenvalue weighted by Crippen LogP contribution is 2.35. The highest BCUT2D eigenvalue weighted by atomic mass is 32.1. The number of aliphatic hydroxyl groups excluding tert-OH is 1. The van der Waals surface area contributed by atoms with Crippen molar-refractivity contribution in [2.75, 3.05) is 6.61 Å². The SMILES string of the molecule is C[C@@H]1CCc2c(sc3ncn(C[C@@H](O)COCc4ccccc4)c(=O)c23)C1. The van der Waals surface area contributed by atoms with Crippen LogP contribution >= 0.6 is 11.3 Å². The van der Waals surface area contributed by atoms with Gasteiger partial charge in [-0.25, -0.2) is 4.98 Å². The molecular formula is C21H24N2O3S. The zero-order chi connectivity index (χ0) is 18.8. The van der Waals surface area contributed by atoms with Gasteiger partial charge in [0.15, 0.2) is 0 Å². The predicted octanol–water partition coefficient (Wildman–Crippen LogP) is 3.16. The van der Waals surface area contributed by atoms with Crippen molar-refractivity contribution in [1.82, 2.24) is 9.55 Å². The second kappa shape index (κ2) is 7.92. The molecule has 1 aliphatic carbocycles. The Morgan fingerprint density at radius 3 is 3.00 bits per heavy atom. The van der Waals surface area contributed by atoms with Crippen LogP contribution in [0, 0.1) is 5.92 Å². The van der Waals surface area contributed by atoms with Crippen molar-refractivity contribution in [3.05, 3.63) is 63.0 Å². The van der Waals surface area contributed by atoms with Gasteiger partial charge in [-0.2, -0.15) is 0 Å². The van der Waals surface area contributed by atoms with Crippen LogP contribution in [0.15, 0.2) is 41.5 Å². The average molecular weight is 385 g/mol. The van der Waals surface area contributed by atoms with Crippen LogP contribution in [0.2, 0.25) is 0 Å². The molecule has 1 N–H and O–H groups in total. The van der Waals surface area contributed by atoms with Crippen molar-refractivity contribution in [3.8, 4) is 0 Å². The Kier molecular flexibility index (Phi) is 5.38. The minimum absolute atomic E-state index is 0.0471. The summed E-state index contributed by atoms with van der Waals surface area (Å²) in [7, 11) is 0. The standard InChI is InChI=1S/C21H24N2O3S/c1-14-7-8-17-18(9-14)27-20-19(17)21(25)23(13-22-20)10-16(24)12-26-11-15-5-3-2-4-6-15/h2-6,13-14,16,24H,7-12H2,1H3/t14-,16-/m1/s1. The zero-order valence-corrected chi connectivity index (χ0v) is 16.2. The number of hydrogen-bond acceptors (Lipinski definition) is 5. The minimum atomic E-state index is -0.750. The lowest BCUT2D eigenvalue weighted by Crippen LogP contribution is -2.29. The van der Waals surface area contributed by atoms with Crippen molar-refractivity contribution in [1.29, 1.82) is 0 Å². The highest BCUT2D eigenvalue weighted by Gasteiger charge is 2.23. The van der Waals surface area contributed by atoms with Gasteiger partial charge >= 0.3 is 0 Å². The number of nitrogens with zero attached hydrogens (tertiary/aromatic N) is 2. The monoisotopic (exact) mass is 384 g/mol. The van der Waals surface area contributed by atoms with Crippen molar-refractivity contribution in [2.24, 2.45) is 5.92 Å². The van der Waals surface area contributed by atoms with E-state index in [1.165, 1.54) is 15.0 Å². The molecule has 0 aliphatic heterocycles. The zero-order valence-electron chi connectivity index (χ0n) is 15.4. The van der Waals surface area contributed by atoms with Crippen molar-refractivity contribution in [3.63, 3.8) is 0 Å². The van der Waals surface area contributed by atoms with Gasteiger partial charge in [0, 0.05) is 4.88 Å². The third-order valence-electron chi connectivity index (χ3n) is 5.11. The molecule has 0 fully saturated rings. The first-order chi connectivity index (χ1) is 13.1. The van der Waals surface area contributed by atoms with E-state index in [0.29, 0.717) is 12.5 Å². The molecular weight excluding hydrogens is 360 g/mol. The van der Waals surface area contributed by atoms with Gasteiger partial charge in [-0.3, -0.25) is 9.36 Å². The molecule has 4 rings (SSSR count). The topological polar surface area (TPSA) is 64.3 Å². The van der Waals surface area contributed by atoms with Gasteiger partial charge < -0.3 is 9.84 Å². The Balaban J connectivity index is 1.45. The first kappa shape index (κ1) is 18.3. The van der Waals surface area contributed by atoms with E-state index in [1.54, 1.807) is 17.7 Å². The van der Waals surface area contributed by atoms with E-state index in [4.69, 9.17) is 4.74 Å². The normalized spacial score (nSPS) is 17.8. The number of aryl methyl sites for hydroxylation is 1. The fraction of sp³-hybridized carbons (Fsp3) is 0.429. The van der Waals surface area contributed by atoms with E-state index in [0.717, 1.165) is 35.0 Å². The number of benzene rings is 1. The van der Waals surface area contributed by atoms with Gasteiger partial charge in [-0.05, 0) is 36.3 Å². The van der Waals surface area contributed by atoms with Crippen molar-refractivity contribution in [2.45, 2.75) is 45.4 Å². The van der Waals surface area contributed by atoms with Crippen molar-refractivity contribution >= 4 is 21.6 Å². The number of thiophene rings is 1. The van der Waals surface area contributed by atoms with E-state index >= 15 is 0 Å². The molecule has 1 aliphatic rings. The average Bonchev–Trinajstić information content (AvgIpc) is 3.03. The lowest BCUT2D eigenvalue weighted by Gasteiger charge is -2.17. The molecule has 6 heteroatoms. The summed E-state index contributed by atoms with van der Waals surface area (Å²) < 4.78 is 7.10. The lowest BCUT2D eigenvalue weighted by atomic mass is 9.89. The maximum absolute atomic E-state index is 13.0. The number of aromatic nitrogens is 2. The molecule has 2 aromatic heterocycles. The maximum atomic E-state index is 13.0. The molecule has 0 unspecified atom stereocenters. The van der Waals surface area contributed by atoms with E-state index in [9.17, 15) is 9.90 Å². The number of hydrogen-bond donors (Lipinski definition) is 1. The molecule has 0 radical (unpaired) electrons. The largest absolute Gasteiger partial charge is 0.389 e. The van der Waals surface area contributed by atoms with E-state index in [-0.39, 0.29) is 18.7 Å². The first-order valence-electron chi connectivity index (χ1n) is 9.41. The molecule has 0 saturated heterocycles. The number of fused-ring (bicyclic) bond motifs is 3. The fourth-order valence-corrected chi connectivity index (χ4v) is 5.00. The molecule has 1 aromatic carbocycles. The van der Waals surface area contributed by atoms with Gasteiger partial charge in [-0.1, -0.05) is 37.3 Å². The Morgan fingerprint density at radius 2 is 2.19 bits per heavy atom. The van der Waals surface area contributed by atoms with Crippen LogP contribution in [0.4, 0.5) is 0 Å². The van der Waals surface area contributed by atoms with E-state index in [1.807, 2.05) is 30.3 Å². The van der Waals surface area contributed by atoms with Crippen LogP contribution in [0.25, 0.3) is 10.2 Å². The van der Waals surface area contributed by atoms with Crippen LogP contribution < -0.4 is 5.56 Å². The Hall–Kier alpha value is -2.02. The number of ether oxygens (including phenoxy) is 1. The summed E-state index contributed by atoms with van der Waals surface area (Å²) >= 11 is 1.65. The third kappa shape index (κ3) is 3.98. The minimum Gasteiger partial charge on any atom is -0.389 e. The fourth-order valence-electron chi connectivity index (χ4n) is 3.66. The molecule has 0 saturated carbocycles. The van der Waals surface area contributed by atoms with Crippen LogP contribution in [-0.4, -0.2) is 27.4 Å². The summed E-state index contributed by atoms with van der Waals surface area (Å²) in [4.78, 5) is 19.6. The highest BCUT2D eigenvalue weighted by molar-refractivity contribution is 7.18. The Bertz CT molecular complexity index is 980. The molecule has 0 spiro atoms. The Labute approximate surface area is 162 Å². The summed E-state index contributed by atoms with van der Waals surface area (Å²) in [6, 6.07) is 9.83. The van der Waals surface area contributed by atoms with Gasteiger partial charge in [0.1, 0.15) is 4.83 Å². The van der Waals surface area contributed by atoms with Gasteiger partial charge in [0.2, 0.25) is 0 Å². The van der Waals surface area contributed by atoms with Gasteiger partial charge in [-0.15, -0.1) is 11.3 Å². The van der Waals surface area contributed by atoms with Crippen LogP contribution in [-0.2, 0) is 30.7 Å². The van der Waals surface area contributed by atoms with Gasteiger partial charge in [0.05, 0.1) is 37.6 Å². The van der Waals surface area contributed by atoms with Crippen molar-refractivity contribution < 1.29 is 9.84 Å². The second-order valence-corrected chi connectivity index (χ2v) is 8.47. The van der Waals surface area contributed by atoms with E-state index < -0.39 is 6.10 Å². The molecule has 5 nitrogen and oxygen atoms in total. The predicted molar refractivity (Wildman–Crippen MR) is 107 cm³/mol. The summed E-state index contributed by atoms with van der Waals surface area (Å²) in [6.07, 6.45) is 3.89. The molecule has 2 heterocycles. The summed E-state index contributed by atoms with van der Waals surface area (Å²) in [6.45, 7) is 3.07. The molecule has 3 aromatic rings. The lowest BCUT2D eigenvalue weighted by molar-refractivity contribution is 0.0198. The molecule has 0 amide bonds. The smallest absolute Gasteiger partial charge is 0.262 e. The quantitative estimate of drug-likeness (QED) is 0.709. The maximum Gasteiger partial charge on any atom is 0.262 e. The molecule has 0 bridgehead atoms. The van der Waals surface area contributed by atoms with E-state index in [2.05, 4.69) is 11.9 Å². The number of rotatable bonds is 6. The van der Waals surface area contributed by atoms with Gasteiger partial charge in [0.25, 0.3) is 5.56 Å². The second-order valence-electron chi connectivity index (χ2n) is 7.39. The number of aliphatic hydroxyl groups is 1. The van der Waals surface area contributed by atoms with Crippen LogP contribution in [0.1, 0.15) is 29.3 Å². The summed E-state index contributed by atoms with van der Waals surface area (Å²) in [5, 5.41) is 11.0. The van der Waals surface area contributed by atoms with Crippen LogP contribution in [0.5, 0.6) is 0 Å². The first-order valence-corrected chi connectivity index (χ1v) is 10.2.